The molecule has 1 saturated carbocycles. The molecule has 0 aromatic heterocycles. The fourth-order valence-corrected chi connectivity index (χ4v) is 3.82. The maximum absolute atomic E-state index is 6.36. The van der Waals surface area contributed by atoms with Crippen LogP contribution in [0.3, 0.4) is 0 Å². The largest absolute Gasteiger partial charge is 0.313 e. The lowest BCUT2D eigenvalue weighted by molar-refractivity contribution is 0.215. The third-order valence-corrected chi connectivity index (χ3v) is 5.06. The molecule has 0 amide bonds. The lowest BCUT2D eigenvalue weighted by Crippen LogP contribution is -2.29. The van der Waals surface area contributed by atoms with E-state index in [2.05, 4.69) is 12.2 Å². The van der Waals surface area contributed by atoms with E-state index in [1.54, 1.807) is 0 Å². The molecule has 106 valence electrons. The van der Waals surface area contributed by atoms with E-state index in [1.807, 2.05) is 25.2 Å². The first-order chi connectivity index (χ1) is 9.15. The third-order valence-electron chi connectivity index (χ3n) is 4.48. The summed E-state index contributed by atoms with van der Waals surface area (Å²) < 4.78 is 0. The second kappa shape index (κ2) is 6.97. The molecule has 1 fully saturated rings. The van der Waals surface area contributed by atoms with Crippen LogP contribution in [0.25, 0.3) is 0 Å². The minimum absolute atomic E-state index is 0.320. The molecular formula is C16H23Cl2N. The number of rotatable bonds is 4. The van der Waals surface area contributed by atoms with Gasteiger partial charge in [-0.3, -0.25) is 0 Å². The van der Waals surface area contributed by atoms with Gasteiger partial charge >= 0.3 is 0 Å². The quantitative estimate of drug-likeness (QED) is 0.777. The van der Waals surface area contributed by atoms with Crippen molar-refractivity contribution < 1.29 is 0 Å². The zero-order valence-electron chi connectivity index (χ0n) is 11.8. The van der Waals surface area contributed by atoms with Gasteiger partial charge in [-0.2, -0.15) is 0 Å². The molecule has 1 aliphatic carbocycles. The molecule has 3 unspecified atom stereocenters. The maximum Gasteiger partial charge on any atom is 0.0454 e. The Kier molecular flexibility index (Phi) is 5.56. The summed E-state index contributed by atoms with van der Waals surface area (Å²) in [6, 6.07) is 6.10. The normalized spacial score (nSPS) is 25.3. The van der Waals surface area contributed by atoms with Crippen molar-refractivity contribution in [3.63, 3.8) is 0 Å². The van der Waals surface area contributed by atoms with Crippen LogP contribution in [-0.2, 0) is 0 Å². The lowest BCUT2D eigenvalue weighted by Gasteiger charge is -2.35. The van der Waals surface area contributed by atoms with E-state index in [4.69, 9.17) is 23.2 Å². The number of hydrogen-bond donors (Lipinski definition) is 1. The second-order valence-electron chi connectivity index (χ2n) is 5.63. The summed E-state index contributed by atoms with van der Waals surface area (Å²) in [5.41, 5.74) is 1.15. The summed E-state index contributed by atoms with van der Waals surface area (Å²) in [6.45, 7) is 2.30. The highest BCUT2D eigenvalue weighted by Crippen LogP contribution is 2.40. The molecule has 3 heteroatoms. The summed E-state index contributed by atoms with van der Waals surface area (Å²) in [6.07, 6.45) is 6.58. The Morgan fingerprint density at radius 3 is 2.79 bits per heavy atom. The van der Waals surface area contributed by atoms with Crippen molar-refractivity contribution >= 4 is 23.2 Å². The first kappa shape index (κ1) is 15.2. The highest BCUT2D eigenvalue weighted by molar-refractivity contribution is 6.33. The van der Waals surface area contributed by atoms with Gasteiger partial charge in [0.05, 0.1) is 0 Å². The molecule has 2 rings (SSSR count). The van der Waals surface area contributed by atoms with Gasteiger partial charge in [-0.05, 0) is 55.5 Å². The molecule has 0 saturated heterocycles. The topological polar surface area (TPSA) is 12.0 Å². The SMILES string of the molecule is CCC1CCCC(C(NC)c2cc(Cl)ccc2Cl)C1. The van der Waals surface area contributed by atoms with Gasteiger partial charge in [-0.15, -0.1) is 0 Å². The van der Waals surface area contributed by atoms with Gasteiger partial charge in [0.15, 0.2) is 0 Å². The van der Waals surface area contributed by atoms with Crippen molar-refractivity contribution in [3.05, 3.63) is 33.8 Å². The monoisotopic (exact) mass is 299 g/mol. The average Bonchev–Trinajstić information content (AvgIpc) is 2.44. The molecule has 1 aromatic carbocycles. The van der Waals surface area contributed by atoms with Crippen LogP contribution in [0.4, 0.5) is 0 Å². The molecule has 0 spiro atoms. The predicted molar refractivity (Wildman–Crippen MR) is 84.0 cm³/mol. The van der Waals surface area contributed by atoms with E-state index in [-0.39, 0.29) is 0 Å². The molecule has 1 aliphatic rings. The highest BCUT2D eigenvalue weighted by Gasteiger charge is 2.29. The Bertz CT molecular complexity index is 419. The second-order valence-corrected chi connectivity index (χ2v) is 6.48. The van der Waals surface area contributed by atoms with E-state index in [0.717, 1.165) is 21.5 Å². The Labute approximate surface area is 126 Å². The van der Waals surface area contributed by atoms with Crippen LogP contribution >= 0.6 is 23.2 Å². The molecule has 19 heavy (non-hydrogen) atoms. The lowest BCUT2D eigenvalue weighted by atomic mass is 9.75. The van der Waals surface area contributed by atoms with Gasteiger partial charge in [0.1, 0.15) is 0 Å². The van der Waals surface area contributed by atoms with Gasteiger partial charge in [-0.1, -0.05) is 49.4 Å². The van der Waals surface area contributed by atoms with Crippen LogP contribution in [0.2, 0.25) is 10.0 Å². The summed E-state index contributed by atoms with van der Waals surface area (Å²) in [7, 11) is 2.03. The minimum atomic E-state index is 0.320. The molecule has 3 atom stereocenters. The third kappa shape index (κ3) is 3.65. The number of hydrogen-bond acceptors (Lipinski definition) is 1. The summed E-state index contributed by atoms with van der Waals surface area (Å²) in [5, 5.41) is 5.05. The predicted octanol–water partition coefficient (Wildman–Crippen LogP) is 5.47. The summed E-state index contributed by atoms with van der Waals surface area (Å²) in [4.78, 5) is 0. The van der Waals surface area contributed by atoms with Gasteiger partial charge in [-0.25, -0.2) is 0 Å². The van der Waals surface area contributed by atoms with Gasteiger partial charge < -0.3 is 5.32 Å². The average molecular weight is 300 g/mol. The van der Waals surface area contributed by atoms with E-state index in [9.17, 15) is 0 Å². The molecule has 0 radical (unpaired) electrons. The summed E-state index contributed by atoms with van der Waals surface area (Å²) >= 11 is 12.5. The van der Waals surface area contributed by atoms with Crippen molar-refractivity contribution in [2.24, 2.45) is 11.8 Å². The first-order valence-electron chi connectivity index (χ1n) is 7.28. The van der Waals surface area contributed by atoms with Gasteiger partial charge in [0.2, 0.25) is 0 Å². The highest BCUT2D eigenvalue weighted by atomic mass is 35.5. The van der Waals surface area contributed by atoms with E-state index in [0.29, 0.717) is 12.0 Å². The van der Waals surface area contributed by atoms with Crippen LogP contribution < -0.4 is 5.32 Å². The van der Waals surface area contributed by atoms with Crippen LogP contribution in [-0.4, -0.2) is 7.05 Å². The molecule has 0 heterocycles. The van der Waals surface area contributed by atoms with Crippen molar-refractivity contribution in [3.8, 4) is 0 Å². The molecule has 0 bridgehead atoms. The Morgan fingerprint density at radius 2 is 2.11 bits per heavy atom. The van der Waals surface area contributed by atoms with E-state index >= 15 is 0 Å². The van der Waals surface area contributed by atoms with Crippen molar-refractivity contribution in [2.45, 2.75) is 45.1 Å². The van der Waals surface area contributed by atoms with Gasteiger partial charge in [0.25, 0.3) is 0 Å². The molecule has 1 nitrogen and oxygen atoms in total. The van der Waals surface area contributed by atoms with Crippen LogP contribution in [0, 0.1) is 11.8 Å². The molecule has 1 aromatic rings. The molecule has 1 N–H and O–H groups in total. The Balaban J connectivity index is 2.21. The molecular weight excluding hydrogens is 277 g/mol. The fourth-order valence-electron chi connectivity index (χ4n) is 3.40. The summed E-state index contributed by atoms with van der Waals surface area (Å²) in [5.74, 6) is 1.53. The number of halogens is 2. The molecule has 0 aliphatic heterocycles. The van der Waals surface area contributed by atoms with Crippen LogP contribution in [0.5, 0.6) is 0 Å². The number of nitrogens with one attached hydrogen (secondary N) is 1. The van der Waals surface area contributed by atoms with Crippen molar-refractivity contribution in [2.75, 3.05) is 7.05 Å². The van der Waals surface area contributed by atoms with Crippen LogP contribution in [0.1, 0.15) is 50.6 Å². The number of benzene rings is 1. The zero-order valence-corrected chi connectivity index (χ0v) is 13.3. The minimum Gasteiger partial charge on any atom is -0.313 e. The first-order valence-corrected chi connectivity index (χ1v) is 8.03. The Morgan fingerprint density at radius 1 is 1.32 bits per heavy atom. The van der Waals surface area contributed by atoms with E-state index in [1.165, 1.54) is 32.1 Å². The fraction of sp³-hybridized carbons (Fsp3) is 0.625. The smallest absolute Gasteiger partial charge is 0.0454 e. The van der Waals surface area contributed by atoms with Crippen molar-refractivity contribution in [1.29, 1.82) is 0 Å². The standard InChI is InChI=1S/C16H23Cl2N/c1-3-11-5-4-6-12(9-11)16(19-2)14-10-13(17)7-8-15(14)18/h7-8,10-12,16,19H,3-6,9H2,1-2H3. The van der Waals surface area contributed by atoms with E-state index < -0.39 is 0 Å². The zero-order chi connectivity index (χ0) is 13.8. The Hall–Kier alpha value is -0.240. The maximum atomic E-state index is 6.36. The van der Waals surface area contributed by atoms with Gasteiger partial charge in [0, 0.05) is 16.1 Å². The van der Waals surface area contributed by atoms with Crippen LogP contribution in [0.15, 0.2) is 18.2 Å². The van der Waals surface area contributed by atoms with Crippen molar-refractivity contribution in [1.82, 2.24) is 5.32 Å².